The van der Waals surface area contributed by atoms with Crippen LogP contribution in [0.5, 0.6) is 0 Å². The number of carbonyl (C=O) groups excluding carboxylic acids is 1. The number of thiophene rings is 1. The maximum atomic E-state index is 13.1. The predicted molar refractivity (Wildman–Crippen MR) is 91.4 cm³/mol. The molecule has 1 atom stereocenters. The Bertz CT molecular complexity index is 695. The second kappa shape index (κ2) is 5.76. The predicted octanol–water partition coefficient (Wildman–Crippen LogP) is 2.50. The number of anilines is 1. The fourth-order valence-corrected chi connectivity index (χ4v) is 4.72. The summed E-state index contributed by atoms with van der Waals surface area (Å²) in [6.07, 6.45) is 6.82. The van der Waals surface area contributed by atoms with Gasteiger partial charge in [-0.15, -0.1) is 11.3 Å². The maximum Gasteiger partial charge on any atom is 0.234 e. The van der Waals surface area contributed by atoms with Crippen LogP contribution >= 0.6 is 11.3 Å². The van der Waals surface area contributed by atoms with Crippen LogP contribution in [-0.4, -0.2) is 40.2 Å². The minimum absolute atomic E-state index is 0.189. The molecule has 23 heavy (non-hydrogen) atoms. The van der Waals surface area contributed by atoms with Gasteiger partial charge in [-0.3, -0.25) is 14.4 Å². The fourth-order valence-electron chi connectivity index (χ4n) is 3.98. The van der Waals surface area contributed by atoms with Gasteiger partial charge in [0.15, 0.2) is 0 Å². The first-order valence-corrected chi connectivity index (χ1v) is 9.10. The zero-order valence-corrected chi connectivity index (χ0v) is 14.3. The summed E-state index contributed by atoms with van der Waals surface area (Å²) < 4.78 is 1.76. The molecule has 0 radical (unpaired) electrons. The first kappa shape index (κ1) is 14.9. The molecule has 122 valence electrons. The Labute approximate surface area is 140 Å². The lowest BCUT2D eigenvalue weighted by Crippen LogP contribution is -2.47. The van der Waals surface area contributed by atoms with Crippen molar-refractivity contribution in [2.24, 2.45) is 12.5 Å². The molecule has 4 heterocycles. The lowest BCUT2D eigenvalue weighted by Gasteiger charge is -2.38. The summed E-state index contributed by atoms with van der Waals surface area (Å²) in [5.74, 6) is 0.293. The van der Waals surface area contributed by atoms with E-state index in [0.29, 0.717) is 5.91 Å². The number of hydrogen-bond donors (Lipinski definition) is 0. The van der Waals surface area contributed by atoms with Gasteiger partial charge in [0.25, 0.3) is 0 Å². The van der Waals surface area contributed by atoms with Crippen LogP contribution in [0.4, 0.5) is 5.69 Å². The van der Waals surface area contributed by atoms with Gasteiger partial charge in [0.05, 0.1) is 17.3 Å². The largest absolute Gasteiger partial charge is 0.309 e. The first-order valence-electron chi connectivity index (χ1n) is 8.22. The molecule has 1 amide bonds. The Morgan fingerprint density at radius 3 is 3.00 bits per heavy atom. The van der Waals surface area contributed by atoms with Crippen LogP contribution in [0, 0.1) is 5.41 Å². The molecule has 2 aliphatic rings. The molecule has 0 bridgehead atoms. The minimum Gasteiger partial charge on any atom is -0.309 e. The van der Waals surface area contributed by atoms with E-state index in [1.54, 1.807) is 22.2 Å². The summed E-state index contributed by atoms with van der Waals surface area (Å²) in [6, 6.07) is 4.29. The lowest BCUT2D eigenvalue weighted by molar-refractivity contribution is -0.128. The van der Waals surface area contributed by atoms with Crippen molar-refractivity contribution in [2.45, 2.75) is 25.8 Å². The Morgan fingerprint density at radius 2 is 2.26 bits per heavy atom. The van der Waals surface area contributed by atoms with E-state index in [-0.39, 0.29) is 5.41 Å². The molecule has 0 saturated carbocycles. The normalized spacial score (nSPS) is 25.6. The number of rotatable bonds is 3. The SMILES string of the molecule is Cn1cc(N2CC[C@@]3(CCCN(Cc4cccs4)C3)C2=O)cn1. The monoisotopic (exact) mass is 330 g/mol. The molecule has 2 aromatic rings. The number of hydrogen-bond acceptors (Lipinski definition) is 4. The standard InChI is InChI=1S/C17H22N4OS/c1-19-11-14(10-18-19)21-8-6-17(16(21)22)5-3-7-20(13-17)12-15-4-2-9-23-15/h2,4,9-11H,3,5-8,12-13H2,1H3/t17-/m1/s1. The van der Waals surface area contributed by atoms with Crippen molar-refractivity contribution in [3.05, 3.63) is 34.8 Å². The van der Waals surface area contributed by atoms with Gasteiger partial charge >= 0.3 is 0 Å². The molecule has 1 spiro atoms. The van der Waals surface area contributed by atoms with Crippen LogP contribution in [0.1, 0.15) is 24.1 Å². The zero-order valence-electron chi connectivity index (χ0n) is 13.4. The van der Waals surface area contributed by atoms with Gasteiger partial charge in [-0.1, -0.05) is 6.07 Å². The molecule has 2 aromatic heterocycles. The Morgan fingerprint density at radius 1 is 1.35 bits per heavy atom. The highest BCUT2D eigenvalue weighted by Gasteiger charge is 2.49. The maximum absolute atomic E-state index is 13.1. The van der Waals surface area contributed by atoms with E-state index < -0.39 is 0 Å². The molecule has 5 nitrogen and oxygen atoms in total. The molecule has 0 aromatic carbocycles. The zero-order chi connectivity index (χ0) is 15.9. The molecule has 2 fully saturated rings. The Hall–Kier alpha value is -1.66. The third kappa shape index (κ3) is 2.70. The van der Waals surface area contributed by atoms with E-state index in [9.17, 15) is 4.79 Å². The van der Waals surface area contributed by atoms with Crippen LogP contribution in [-0.2, 0) is 18.4 Å². The summed E-state index contributed by atoms with van der Waals surface area (Å²) in [4.78, 5) is 18.9. The van der Waals surface area contributed by atoms with Crippen LogP contribution in [0.15, 0.2) is 29.9 Å². The number of likely N-dealkylation sites (tertiary alicyclic amines) is 1. The van der Waals surface area contributed by atoms with Crippen LogP contribution in [0.25, 0.3) is 0 Å². The molecule has 6 heteroatoms. The van der Waals surface area contributed by atoms with Gasteiger partial charge in [-0.05, 0) is 37.3 Å². The van der Waals surface area contributed by atoms with E-state index in [1.165, 1.54) is 4.88 Å². The van der Waals surface area contributed by atoms with Gasteiger partial charge in [-0.2, -0.15) is 5.10 Å². The fraction of sp³-hybridized carbons (Fsp3) is 0.529. The van der Waals surface area contributed by atoms with Crippen LogP contribution < -0.4 is 4.90 Å². The van der Waals surface area contributed by atoms with E-state index in [1.807, 2.05) is 18.1 Å². The van der Waals surface area contributed by atoms with Crippen molar-refractivity contribution in [1.29, 1.82) is 0 Å². The molecule has 2 aliphatic heterocycles. The van der Waals surface area contributed by atoms with Gasteiger partial charge in [0.2, 0.25) is 5.91 Å². The number of carbonyl (C=O) groups is 1. The average Bonchev–Trinajstić information content (AvgIpc) is 3.24. The number of aromatic nitrogens is 2. The quantitative estimate of drug-likeness (QED) is 0.868. The topological polar surface area (TPSA) is 41.4 Å². The number of piperidine rings is 1. The van der Waals surface area contributed by atoms with Crippen molar-refractivity contribution < 1.29 is 4.79 Å². The molecular weight excluding hydrogens is 308 g/mol. The average molecular weight is 330 g/mol. The highest BCUT2D eigenvalue weighted by atomic mass is 32.1. The lowest BCUT2D eigenvalue weighted by atomic mass is 9.78. The van der Waals surface area contributed by atoms with Gasteiger partial charge in [0.1, 0.15) is 0 Å². The minimum atomic E-state index is -0.189. The second-order valence-electron chi connectivity index (χ2n) is 6.75. The number of nitrogens with zero attached hydrogens (tertiary/aromatic N) is 4. The Kier molecular flexibility index (Phi) is 3.73. The molecule has 0 N–H and O–H groups in total. The summed E-state index contributed by atoms with van der Waals surface area (Å²) in [5.41, 5.74) is 0.746. The van der Waals surface area contributed by atoms with Gasteiger partial charge in [-0.25, -0.2) is 0 Å². The summed E-state index contributed by atoms with van der Waals surface area (Å²) in [7, 11) is 1.89. The number of amides is 1. The molecule has 0 aliphatic carbocycles. The molecule has 0 unspecified atom stereocenters. The van der Waals surface area contributed by atoms with Crippen molar-refractivity contribution in [3.63, 3.8) is 0 Å². The second-order valence-corrected chi connectivity index (χ2v) is 7.79. The van der Waals surface area contributed by atoms with Gasteiger partial charge in [0, 0.05) is 37.8 Å². The third-order valence-corrected chi connectivity index (χ3v) is 5.99. The van der Waals surface area contributed by atoms with E-state index in [2.05, 4.69) is 27.5 Å². The van der Waals surface area contributed by atoms with Crippen molar-refractivity contribution in [1.82, 2.24) is 14.7 Å². The molecule has 2 saturated heterocycles. The third-order valence-electron chi connectivity index (χ3n) is 5.13. The first-order chi connectivity index (χ1) is 11.2. The van der Waals surface area contributed by atoms with Crippen molar-refractivity contribution in [2.75, 3.05) is 24.5 Å². The summed E-state index contributed by atoms with van der Waals surface area (Å²) >= 11 is 1.80. The van der Waals surface area contributed by atoms with Gasteiger partial charge < -0.3 is 4.90 Å². The summed E-state index contributed by atoms with van der Waals surface area (Å²) in [6.45, 7) is 3.78. The van der Waals surface area contributed by atoms with E-state index >= 15 is 0 Å². The Balaban J connectivity index is 1.50. The molecule has 4 rings (SSSR count). The van der Waals surface area contributed by atoms with E-state index in [0.717, 1.165) is 51.1 Å². The molecular formula is C17H22N4OS. The smallest absolute Gasteiger partial charge is 0.234 e. The van der Waals surface area contributed by atoms with Crippen molar-refractivity contribution in [3.8, 4) is 0 Å². The van der Waals surface area contributed by atoms with E-state index in [4.69, 9.17) is 0 Å². The highest BCUT2D eigenvalue weighted by molar-refractivity contribution is 7.09. The number of aryl methyl sites for hydroxylation is 1. The summed E-state index contributed by atoms with van der Waals surface area (Å²) in [5, 5.41) is 6.33. The highest BCUT2D eigenvalue weighted by Crippen LogP contribution is 2.42. The van der Waals surface area contributed by atoms with Crippen LogP contribution in [0.3, 0.4) is 0 Å². The van der Waals surface area contributed by atoms with Crippen LogP contribution in [0.2, 0.25) is 0 Å². The van der Waals surface area contributed by atoms with Crippen molar-refractivity contribution >= 4 is 22.9 Å².